The average molecular weight is 391 g/mol. The number of benzene rings is 2. The van der Waals surface area contributed by atoms with Crippen molar-refractivity contribution in [2.45, 2.75) is 24.2 Å². The van der Waals surface area contributed by atoms with Gasteiger partial charge in [-0.25, -0.2) is 13.6 Å². The number of rotatable bonds is 6. The number of sulfonamides is 1. The number of nitrogens with two attached hydrogens (primary N) is 1. The van der Waals surface area contributed by atoms with E-state index >= 15 is 0 Å². The maximum absolute atomic E-state index is 11.6. The normalized spacial score (nSPS) is 23.9. The van der Waals surface area contributed by atoms with Crippen LogP contribution in [0.15, 0.2) is 48.5 Å². The quantitative estimate of drug-likeness (QED) is 0.787. The smallest absolute Gasteiger partial charge is 0.211 e. The molecule has 0 spiro atoms. The predicted molar refractivity (Wildman–Crippen MR) is 104 cm³/mol. The summed E-state index contributed by atoms with van der Waals surface area (Å²) in [7, 11) is -2.03. The van der Waals surface area contributed by atoms with Crippen molar-refractivity contribution in [2.75, 3.05) is 20.3 Å². The highest BCUT2D eigenvalue weighted by Gasteiger charge is 2.45. The topological polar surface area (TPSA) is 98.8 Å². The summed E-state index contributed by atoms with van der Waals surface area (Å²) >= 11 is 0. The Hall–Kier alpha value is -1.93. The van der Waals surface area contributed by atoms with Crippen molar-refractivity contribution in [2.24, 2.45) is 11.1 Å². The van der Waals surface area contributed by atoms with Gasteiger partial charge in [0.15, 0.2) is 0 Å². The van der Waals surface area contributed by atoms with Gasteiger partial charge in [-0.15, -0.1) is 0 Å². The van der Waals surface area contributed by atoms with Crippen LogP contribution >= 0.6 is 0 Å². The second-order valence-corrected chi connectivity index (χ2v) is 9.03. The first-order valence-corrected chi connectivity index (χ1v) is 10.4. The van der Waals surface area contributed by atoms with E-state index in [-0.39, 0.29) is 18.9 Å². The summed E-state index contributed by atoms with van der Waals surface area (Å²) in [6.45, 7) is 1.98. The number of hydrogen-bond acceptors (Lipinski definition) is 5. The van der Waals surface area contributed by atoms with E-state index in [9.17, 15) is 13.5 Å². The van der Waals surface area contributed by atoms with Gasteiger partial charge >= 0.3 is 0 Å². The molecule has 2 aromatic rings. The van der Waals surface area contributed by atoms with Crippen LogP contribution in [0.2, 0.25) is 0 Å². The van der Waals surface area contributed by atoms with Gasteiger partial charge in [0.1, 0.15) is 11.4 Å². The number of ether oxygens (including phenoxy) is 2. The van der Waals surface area contributed by atoms with Gasteiger partial charge in [0.2, 0.25) is 10.0 Å². The fourth-order valence-electron chi connectivity index (χ4n) is 3.55. The average Bonchev–Trinajstić information content (AvgIpc) is 3.02. The molecule has 2 aromatic carbocycles. The van der Waals surface area contributed by atoms with Gasteiger partial charge in [0.05, 0.1) is 25.6 Å². The lowest BCUT2D eigenvalue weighted by molar-refractivity contribution is -0.00577. The molecule has 6 nitrogen and oxygen atoms in total. The third-order valence-corrected chi connectivity index (χ3v) is 6.61. The summed E-state index contributed by atoms with van der Waals surface area (Å²) in [4.78, 5) is 0. The van der Waals surface area contributed by atoms with Crippen molar-refractivity contribution in [3.63, 3.8) is 0 Å². The molecule has 3 rings (SSSR count). The zero-order chi connectivity index (χ0) is 19.7. The molecule has 1 saturated heterocycles. The number of para-hydroxylation sites is 1. The predicted octanol–water partition coefficient (Wildman–Crippen LogP) is 2.26. The number of primary sulfonamides is 1. The van der Waals surface area contributed by atoms with E-state index in [1.807, 2.05) is 48.5 Å². The summed E-state index contributed by atoms with van der Waals surface area (Å²) in [5.74, 6) is 0.427. The van der Waals surface area contributed by atoms with Crippen LogP contribution in [0.3, 0.4) is 0 Å². The molecular weight excluding hydrogens is 366 g/mol. The van der Waals surface area contributed by atoms with Gasteiger partial charge in [0, 0.05) is 11.5 Å². The van der Waals surface area contributed by atoms with Crippen LogP contribution in [-0.2, 0) is 20.4 Å². The summed E-state index contributed by atoms with van der Waals surface area (Å²) in [5.41, 5.74) is 1.39. The van der Waals surface area contributed by atoms with Crippen LogP contribution < -0.4 is 9.88 Å². The largest absolute Gasteiger partial charge is 0.496 e. The molecule has 0 aromatic heterocycles. The Labute approximate surface area is 160 Å². The molecule has 0 amide bonds. The third kappa shape index (κ3) is 4.01. The van der Waals surface area contributed by atoms with Crippen molar-refractivity contribution in [3.05, 3.63) is 54.1 Å². The Bertz CT molecular complexity index is 897. The summed E-state index contributed by atoms with van der Waals surface area (Å²) in [6.07, 6.45) is 0.240. The van der Waals surface area contributed by atoms with Gasteiger partial charge in [-0.3, -0.25) is 0 Å². The second kappa shape index (κ2) is 7.59. The van der Waals surface area contributed by atoms with Crippen LogP contribution in [0.4, 0.5) is 0 Å². The fraction of sp³-hybridized carbons (Fsp3) is 0.400. The van der Waals surface area contributed by atoms with E-state index < -0.39 is 20.9 Å². The van der Waals surface area contributed by atoms with Crippen molar-refractivity contribution in [1.29, 1.82) is 0 Å². The van der Waals surface area contributed by atoms with E-state index in [4.69, 9.17) is 14.6 Å². The number of hydrogen-bond donors (Lipinski definition) is 2. The molecule has 7 heteroatoms. The van der Waals surface area contributed by atoms with Crippen LogP contribution in [0.5, 0.6) is 5.75 Å². The first-order valence-electron chi connectivity index (χ1n) is 8.81. The SMILES string of the molecule is COc1ccccc1-c1ccc(C2(O)COCC2CC(C)S(N)(=O)=O)cc1. The van der Waals surface area contributed by atoms with E-state index in [1.165, 1.54) is 0 Å². The Morgan fingerprint density at radius 1 is 1.26 bits per heavy atom. The lowest BCUT2D eigenvalue weighted by atomic mass is 9.81. The molecule has 1 heterocycles. The van der Waals surface area contributed by atoms with Crippen LogP contribution in [0, 0.1) is 5.92 Å². The van der Waals surface area contributed by atoms with Crippen LogP contribution in [0.1, 0.15) is 18.9 Å². The first-order chi connectivity index (χ1) is 12.8. The van der Waals surface area contributed by atoms with E-state index in [2.05, 4.69) is 0 Å². The Kier molecular flexibility index (Phi) is 5.58. The molecule has 1 aliphatic rings. The maximum atomic E-state index is 11.6. The molecule has 3 N–H and O–H groups in total. The standard InChI is InChI=1S/C20H25NO5S/c1-14(27(21,23)24)11-17-12-26-13-20(17,22)16-9-7-15(8-10-16)18-5-3-4-6-19(18)25-2/h3-10,14,17,22H,11-13H2,1-2H3,(H2,21,23,24). The molecular formula is C20H25NO5S. The van der Waals surface area contributed by atoms with Crippen LogP contribution in [-0.4, -0.2) is 39.1 Å². The Balaban J connectivity index is 1.87. The fourth-order valence-corrected chi connectivity index (χ4v) is 4.05. The molecule has 146 valence electrons. The zero-order valence-corrected chi connectivity index (χ0v) is 16.3. The van der Waals surface area contributed by atoms with Gasteiger partial charge in [-0.1, -0.05) is 42.5 Å². The zero-order valence-electron chi connectivity index (χ0n) is 15.5. The summed E-state index contributed by atoms with van der Waals surface area (Å²) in [5, 5.41) is 15.7. The minimum Gasteiger partial charge on any atom is -0.496 e. The summed E-state index contributed by atoms with van der Waals surface area (Å²) < 4.78 is 34.0. The molecule has 3 unspecified atom stereocenters. The van der Waals surface area contributed by atoms with Crippen molar-refractivity contribution < 1.29 is 23.0 Å². The van der Waals surface area contributed by atoms with Crippen molar-refractivity contribution in [1.82, 2.24) is 0 Å². The highest BCUT2D eigenvalue weighted by atomic mass is 32.2. The van der Waals surface area contributed by atoms with Gasteiger partial charge < -0.3 is 14.6 Å². The Morgan fingerprint density at radius 2 is 1.93 bits per heavy atom. The molecule has 27 heavy (non-hydrogen) atoms. The highest BCUT2D eigenvalue weighted by Crippen LogP contribution is 2.40. The minimum atomic E-state index is -3.65. The van der Waals surface area contributed by atoms with E-state index in [0.29, 0.717) is 12.2 Å². The monoisotopic (exact) mass is 391 g/mol. The molecule has 0 bridgehead atoms. The summed E-state index contributed by atoms with van der Waals surface area (Å²) in [6, 6.07) is 15.3. The number of methoxy groups -OCH3 is 1. The molecule has 3 atom stereocenters. The second-order valence-electron chi connectivity index (χ2n) is 7.05. The molecule has 0 aliphatic carbocycles. The van der Waals surface area contributed by atoms with Crippen molar-refractivity contribution >= 4 is 10.0 Å². The Morgan fingerprint density at radius 3 is 2.56 bits per heavy atom. The van der Waals surface area contributed by atoms with Gasteiger partial charge in [-0.2, -0.15) is 0 Å². The van der Waals surface area contributed by atoms with Gasteiger partial charge in [0.25, 0.3) is 0 Å². The van der Waals surface area contributed by atoms with E-state index in [1.54, 1.807) is 14.0 Å². The van der Waals surface area contributed by atoms with Crippen molar-refractivity contribution in [3.8, 4) is 16.9 Å². The highest BCUT2D eigenvalue weighted by molar-refractivity contribution is 7.89. The van der Waals surface area contributed by atoms with Gasteiger partial charge in [-0.05, 0) is 30.5 Å². The molecule has 0 radical (unpaired) electrons. The third-order valence-electron chi connectivity index (χ3n) is 5.30. The van der Waals surface area contributed by atoms with E-state index in [0.717, 1.165) is 16.9 Å². The van der Waals surface area contributed by atoms with Crippen LogP contribution in [0.25, 0.3) is 11.1 Å². The molecule has 1 fully saturated rings. The number of aliphatic hydroxyl groups is 1. The first kappa shape index (κ1) is 19.8. The molecule has 0 saturated carbocycles. The lowest BCUT2D eigenvalue weighted by Crippen LogP contribution is -2.38. The lowest BCUT2D eigenvalue weighted by Gasteiger charge is -2.30. The minimum absolute atomic E-state index is 0.128. The maximum Gasteiger partial charge on any atom is 0.211 e. The molecule has 1 aliphatic heterocycles.